The van der Waals surface area contributed by atoms with E-state index in [0.29, 0.717) is 22.0 Å². The number of carbonyl (C=O) groups is 2. The molecule has 0 radical (unpaired) electrons. The maximum absolute atomic E-state index is 14.7. The Kier molecular flexibility index (Phi) is 12.3. The average molecular weight is 697 g/mol. The van der Waals surface area contributed by atoms with Crippen LogP contribution in [0.2, 0.25) is 10.0 Å². The maximum Gasteiger partial charge on any atom is 0.264 e. The van der Waals surface area contributed by atoms with Crippen molar-refractivity contribution >= 4 is 50.7 Å². The molecule has 0 saturated heterocycles. The molecule has 0 saturated carbocycles. The van der Waals surface area contributed by atoms with E-state index in [-0.39, 0.29) is 41.2 Å². The highest BCUT2D eigenvalue weighted by atomic mass is 35.5. The molecular formula is C36H39Cl2N3O5S. The van der Waals surface area contributed by atoms with Gasteiger partial charge in [-0.3, -0.25) is 13.9 Å². The predicted octanol–water partition coefficient (Wildman–Crippen LogP) is 7.06. The summed E-state index contributed by atoms with van der Waals surface area (Å²) in [7, 11) is -2.85. The Hall–Kier alpha value is -4.05. The fourth-order valence-electron chi connectivity index (χ4n) is 5.06. The van der Waals surface area contributed by atoms with Crippen molar-refractivity contribution in [1.29, 1.82) is 0 Å². The third-order valence-corrected chi connectivity index (χ3v) is 10.2. The van der Waals surface area contributed by atoms with Gasteiger partial charge >= 0.3 is 0 Å². The number of nitrogens with zero attached hydrogens (tertiary/aromatic N) is 2. The van der Waals surface area contributed by atoms with E-state index in [0.717, 1.165) is 15.4 Å². The van der Waals surface area contributed by atoms with E-state index >= 15 is 0 Å². The van der Waals surface area contributed by atoms with Gasteiger partial charge in [0.1, 0.15) is 18.3 Å². The molecule has 0 aliphatic heterocycles. The van der Waals surface area contributed by atoms with E-state index in [1.54, 1.807) is 54.6 Å². The van der Waals surface area contributed by atoms with Crippen molar-refractivity contribution in [1.82, 2.24) is 10.2 Å². The molecule has 2 amide bonds. The zero-order chi connectivity index (χ0) is 34.1. The van der Waals surface area contributed by atoms with Crippen molar-refractivity contribution in [3.05, 3.63) is 124 Å². The number of nitrogens with one attached hydrogen (secondary N) is 1. The number of halogens is 2. The van der Waals surface area contributed by atoms with Gasteiger partial charge in [0.05, 0.1) is 17.7 Å². The number of carbonyl (C=O) groups excluding carboxylic acids is 2. The van der Waals surface area contributed by atoms with Gasteiger partial charge in [0.15, 0.2) is 0 Å². The van der Waals surface area contributed by atoms with Crippen molar-refractivity contribution in [2.45, 2.75) is 57.1 Å². The van der Waals surface area contributed by atoms with E-state index in [9.17, 15) is 18.0 Å². The fourth-order valence-corrected chi connectivity index (χ4v) is 6.96. The number of hydrogen-bond acceptors (Lipinski definition) is 5. The molecule has 0 fully saturated rings. The second-order valence-corrected chi connectivity index (χ2v) is 14.0. The molecule has 0 spiro atoms. The van der Waals surface area contributed by atoms with Crippen molar-refractivity contribution in [3.63, 3.8) is 0 Å². The molecule has 1 N–H and O–H groups in total. The Morgan fingerprint density at radius 1 is 0.915 bits per heavy atom. The molecule has 4 aromatic rings. The van der Waals surface area contributed by atoms with Gasteiger partial charge in [-0.15, -0.1) is 0 Å². The minimum Gasteiger partial charge on any atom is -0.495 e. The fraction of sp³-hybridized carbons (Fsp3) is 0.278. The Morgan fingerprint density at radius 3 is 2.19 bits per heavy atom. The van der Waals surface area contributed by atoms with Crippen LogP contribution in [0.5, 0.6) is 5.75 Å². The average Bonchev–Trinajstić information content (AvgIpc) is 3.06. The molecule has 11 heteroatoms. The second-order valence-electron chi connectivity index (χ2n) is 11.3. The Bertz CT molecular complexity index is 1790. The number of ether oxygens (including phenoxy) is 1. The first-order chi connectivity index (χ1) is 22.4. The smallest absolute Gasteiger partial charge is 0.264 e. The van der Waals surface area contributed by atoms with Crippen LogP contribution in [-0.2, 0) is 32.6 Å². The zero-order valence-corrected chi connectivity index (χ0v) is 29.1. The summed E-state index contributed by atoms with van der Waals surface area (Å²) in [6.45, 7) is 4.96. The number of amides is 2. The Morgan fingerprint density at radius 2 is 1.57 bits per heavy atom. The maximum atomic E-state index is 14.7. The van der Waals surface area contributed by atoms with Crippen molar-refractivity contribution in [3.8, 4) is 5.75 Å². The molecule has 0 heterocycles. The van der Waals surface area contributed by atoms with Gasteiger partial charge in [0.25, 0.3) is 10.0 Å². The first-order valence-electron chi connectivity index (χ1n) is 15.2. The largest absolute Gasteiger partial charge is 0.495 e. The summed E-state index contributed by atoms with van der Waals surface area (Å²) >= 11 is 12.8. The Balaban J connectivity index is 1.87. The topological polar surface area (TPSA) is 96.0 Å². The lowest BCUT2D eigenvalue weighted by Gasteiger charge is -2.34. The number of sulfonamides is 1. The van der Waals surface area contributed by atoms with Gasteiger partial charge < -0.3 is 15.0 Å². The van der Waals surface area contributed by atoms with Crippen LogP contribution in [0, 0.1) is 6.92 Å². The van der Waals surface area contributed by atoms with Gasteiger partial charge in [0, 0.05) is 29.1 Å². The summed E-state index contributed by atoms with van der Waals surface area (Å²) in [4.78, 5) is 30.1. The van der Waals surface area contributed by atoms with Crippen LogP contribution >= 0.6 is 23.2 Å². The molecular weight excluding hydrogens is 657 g/mol. The third kappa shape index (κ3) is 9.06. The van der Waals surface area contributed by atoms with E-state index in [4.69, 9.17) is 27.9 Å². The summed E-state index contributed by atoms with van der Waals surface area (Å²) in [5, 5.41) is 3.75. The van der Waals surface area contributed by atoms with E-state index in [1.165, 1.54) is 24.1 Å². The summed E-state index contributed by atoms with van der Waals surface area (Å²) < 4.78 is 35.2. The van der Waals surface area contributed by atoms with Crippen LogP contribution in [-0.4, -0.2) is 50.9 Å². The SMILES string of the molecule is CC[C@@H](C)NC(=O)[C@H](Cc1ccccc1)N(Cc1ccc(Cl)cc1Cl)C(=O)CN(c1cc(C)ccc1OC)S(=O)(=O)c1ccccc1. The van der Waals surface area contributed by atoms with Gasteiger partial charge in [-0.05, 0) is 73.4 Å². The molecule has 248 valence electrons. The van der Waals surface area contributed by atoms with E-state index in [1.807, 2.05) is 51.1 Å². The Labute approximate surface area is 287 Å². The monoisotopic (exact) mass is 695 g/mol. The number of benzene rings is 4. The van der Waals surface area contributed by atoms with Crippen LogP contribution in [0.3, 0.4) is 0 Å². The van der Waals surface area contributed by atoms with Crippen LogP contribution in [0.15, 0.2) is 102 Å². The molecule has 0 aliphatic carbocycles. The molecule has 0 unspecified atom stereocenters. The summed E-state index contributed by atoms with van der Waals surface area (Å²) in [6.07, 6.45) is 0.857. The van der Waals surface area contributed by atoms with Crippen LogP contribution in [0.25, 0.3) is 0 Å². The van der Waals surface area contributed by atoms with E-state index < -0.39 is 28.5 Å². The molecule has 0 bridgehead atoms. The van der Waals surface area contributed by atoms with Crippen LogP contribution < -0.4 is 14.4 Å². The third-order valence-electron chi connectivity index (χ3n) is 7.84. The summed E-state index contributed by atoms with van der Waals surface area (Å²) in [6, 6.07) is 26.1. The van der Waals surface area contributed by atoms with Crippen molar-refractivity contribution in [2.24, 2.45) is 0 Å². The normalized spacial score (nSPS) is 12.6. The number of methoxy groups -OCH3 is 1. The lowest BCUT2D eigenvalue weighted by molar-refractivity contribution is -0.140. The number of rotatable bonds is 14. The van der Waals surface area contributed by atoms with Gasteiger partial charge in [-0.2, -0.15) is 0 Å². The zero-order valence-electron chi connectivity index (χ0n) is 26.8. The first-order valence-corrected chi connectivity index (χ1v) is 17.4. The van der Waals surface area contributed by atoms with E-state index in [2.05, 4.69) is 5.32 Å². The van der Waals surface area contributed by atoms with Crippen LogP contribution in [0.4, 0.5) is 5.69 Å². The molecule has 4 rings (SSSR count). The molecule has 8 nitrogen and oxygen atoms in total. The second kappa shape index (κ2) is 16.2. The summed E-state index contributed by atoms with van der Waals surface area (Å²) in [5.41, 5.74) is 2.33. The number of hydrogen-bond donors (Lipinski definition) is 1. The lowest BCUT2D eigenvalue weighted by Crippen LogP contribution is -2.54. The van der Waals surface area contributed by atoms with Crippen LogP contribution in [0.1, 0.15) is 37.0 Å². The minimum atomic E-state index is -4.28. The van der Waals surface area contributed by atoms with Gasteiger partial charge in [0.2, 0.25) is 11.8 Å². The van der Waals surface area contributed by atoms with Gasteiger partial charge in [-0.1, -0.05) is 90.8 Å². The molecule has 47 heavy (non-hydrogen) atoms. The number of aryl methyl sites for hydroxylation is 1. The molecule has 0 aliphatic rings. The standard InChI is InChI=1S/C36H39Cl2N3O5S/c1-5-26(3)39-36(43)33(21-27-12-8-6-9-13-27)40(23-28-17-18-29(37)22-31(28)38)35(42)24-41(32-20-25(2)16-19-34(32)46-4)47(44,45)30-14-10-7-11-15-30/h6-20,22,26,33H,5,21,23-24H2,1-4H3,(H,39,43)/t26-,33+/m1/s1. The highest BCUT2D eigenvalue weighted by molar-refractivity contribution is 7.92. The molecule has 0 aromatic heterocycles. The molecule has 2 atom stereocenters. The highest BCUT2D eigenvalue weighted by Crippen LogP contribution is 2.34. The van der Waals surface area contributed by atoms with Gasteiger partial charge in [-0.25, -0.2) is 8.42 Å². The van der Waals surface area contributed by atoms with Crippen molar-refractivity contribution < 1.29 is 22.7 Å². The highest BCUT2D eigenvalue weighted by Gasteiger charge is 2.36. The predicted molar refractivity (Wildman–Crippen MR) is 188 cm³/mol. The first kappa shape index (κ1) is 35.8. The quantitative estimate of drug-likeness (QED) is 0.152. The lowest BCUT2D eigenvalue weighted by atomic mass is 10.0. The number of anilines is 1. The minimum absolute atomic E-state index is 0.000922. The summed E-state index contributed by atoms with van der Waals surface area (Å²) in [5.74, 6) is -0.711. The molecule has 4 aromatic carbocycles. The van der Waals surface area contributed by atoms with Crippen molar-refractivity contribution in [2.75, 3.05) is 18.0 Å².